The average molecular weight is 314 g/mol. The van der Waals surface area contributed by atoms with Crippen molar-refractivity contribution in [2.75, 3.05) is 11.9 Å². The molecule has 0 radical (unpaired) electrons. The fourth-order valence-electron chi connectivity index (χ4n) is 2.22. The number of benzene rings is 2. The van der Waals surface area contributed by atoms with E-state index in [1.165, 1.54) is 5.56 Å². The summed E-state index contributed by atoms with van der Waals surface area (Å²) in [7, 11) is 1.99. The lowest BCUT2D eigenvalue weighted by atomic mass is 10.2. The lowest BCUT2D eigenvalue weighted by Gasteiger charge is -2.17. The molecule has 112 valence electrons. The topological polar surface area (TPSA) is 42.2 Å². The molecule has 0 unspecified atom stereocenters. The van der Waals surface area contributed by atoms with Crippen molar-refractivity contribution in [2.45, 2.75) is 13.5 Å². The monoisotopic (exact) mass is 313 g/mol. The zero-order chi connectivity index (χ0) is 15.5. The Kier molecular flexibility index (Phi) is 4.11. The van der Waals surface area contributed by atoms with Crippen LogP contribution in [0.4, 0.5) is 5.69 Å². The van der Waals surface area contributed by atoms with Gasteiger partial charge in [-0.15, -0.1) is 10.2 Å². The Morgan fingerprint density at radius 1 is 1.09 bits per heavy atom. The predicted octanol–water partition coefficient (Wildman–Crippen LogP) is 4.33. The van der Waals surface area contributed by atoms with Gasteiger partial charge in [0.1, 0.15) is 0 Å². The summed E-state index contributed by atoms with van der Waals surface area (Å²) in [6.07, 6.45) is 0. The number of nitrogens with zero attached hydrogens (tertiary/aromatic N) is 3. The van der Waals surface area contributed by atoms with Crippen LogP contribution in [0.15, 0.2) is 52.9 Å². The van der Waals surface area contributed by atoms with Gasteiger partial charge in [0.2, 0.25) is 11.8 Å². The third-order valence-electron chi connectivity index (χ3n) is 3.39. The van der Waals surface area contributed by atoms with Crippen molar-refractivity contribution in [3.05, 3.63) is 65.0 Å². The van der Waals surface area contributed by atoms with Gasteiger partial charge in [-0.2, -0.15) is 0 Å². The fraction of sp³-hybridized carbons (Fsp3) is 0.176. The molecule has 0 saturated carbocycles. The van der Waals surface area contributed by atoms with Crippen molar-refractivity contribution in [3.8, 4) is 11.5 Å². The highest BCUT2D eigenvalue weighted by Gasteiger charge is 2.13. The summed E-state index contributed by atoms with van der Waals surface area (Å²) in [5.41, 5.74) is 3.07. The molecule has 0 aliphatic heterocycles. The van der Waals surface area contributed by atoms with E-state index in [-0.39, 0.29) is 0 Å². The first-order chi connectivity index (χ1) is 10.6. The Morgan fingerprint density at radius 2 is 1.91 bits per heavy atom. The Bertz CT molecular complexity index is 785. The van der Waals surface area contributed by atoms with E-state index in [2.05, 4.69) is 40.2 Å². The van der Waals surface area contributed by atoms with Crippen LogP contribution in [-0.2, 0) is 6.54 Å². The van der Waals surface area contributed by atoms with Gasteiger partial charge in [0.25, 0.3) is 0 Å². The molecule has 4 nitrogen and oxygen atoms in total. The van der Waals surface area contributed by atoms with Crippen molar-refractivity contribution in [1.29, 1.82) is 0 Å². The zero-order valence-corrected chi connectivity index (χ0v) is 13.2. The van der Waals surface area contributed by atoms with E-state index in [4.69, 9.17) is 16.0 Å². The maximum Gasteiger partial charge on any atom is 0.249 e. The Morgan fingerprint density at radius 3 is 2.68 bits per heavy atom. The average Bonchev–Trinajstić information content (AvgIpc) is 2.96. The van der Waals surface area contributed by atoms with Gasteiger partial charge in [0, 0.05) is 12.7 Å². The lowest BCUT2D eigenvalue weighted by Crippen LogP contribution is -2.16. The second-order valence-corrected chi connectivity index (χ2v) is 5.58. The van der Waals surface area contributed by atoms with E-state index < -0.39 is 0 Å². The van der Waals surface area contributed by atoms with Gasteiger partial charge in [-0.1, -0.05) is 35.9 Å². The normalized spacial score (nSPS) is 10.7. The Labute approximate surface area is 134 Å². The molecule has 0 amide bonds. The molecular formula is C17H16ClN3O. The minimum atomic E-state index is 0.443. The summed E-state index contributed by atoms with van der Waals surface area (Å²) in [6, 6.07) is 15.7. The highest BCUT2D eigenvalue weighted by Crippen LogP contribution is 2.26. The molecule has 0 bridgehead atoms. The third-order valence-corrected chi connectivity index (χ3v) is 3.72. The maximum atomic E-state index is 6.15. The fourth-order valence-corrected chi connectivity index (χ4v) is 2.44. The first-order valence-corrected chi connectivity index (χ1v) is 7.36. The number of hydrogen-bond donors (Lipinski definition) is 0. The number of rotatable bonds is 4. The van der Waals surface area contributed by atoms with Gasteiger partial charge in [-0.25, -0.2) is 0 Å². The molecule has 3 aromatic rings. The SMILES string of the molecule is Cc1cccc(N(C)Cc2nnc(-c3ccccc3Cl)o2)c1. The van der Waals surface area contributed by atoms with Crippen LogP contribution >= 0.6 is 11.6 Å². The smallest absolute Gasteiger partial charge is 0.249 e. The summed E-state index contributed by atoms with van der Waals surface area (Å²) in [6.45, 7) is 2.61. The number of hydrogen-bond acceptors (Lipinski definition) is 4. The molecule has 2 aromatic carbocycles. The number of halogens is 1. The molecule has 22 heavy (non-hydrogen) atoms. The minimum absolute atomic E-state index is 0.443. The van der Waals surface area contributed by atoms with Crippen molar-refractivity contribution in [3.63, 3.8) is 0 Å². The largest absolute Gasteiger partial charge is 0.419 e. The first-order valence-electron chi connectivity index (χ1n) is 6.98. The van der Waals surface area contributed by atoms with E-state index in [1.807, 2.05) is 31.3 Å². The summed E-state index contributed by atoms with van der Waals surface area (Å²) < 4.78 is 5.72. The number of anilines is 1. The van der Waals surface area contributed by atoms with Crippen LogP contribution in [0, 0.1) is 6.92 Å². The molecule has 0 saturated heterocycles. The standard InChI is InChI=1S/C17H16ClN3O/c1-12-6-5-7-13(10-12)21(2)11-16-19-20-17(22-16)14-8-3-4-9-15(14)18/h3-10H,11H2,1-2H3. The van der Waals surface area contributed by atoms with Crippen molar-refractivity contribution in [1.82, 2.24) is 10.2 Å². The van der Waals surface area contributed by atoms with E-state index in [1.54, 1.807) is 6.07 Å². The molecule has 5 heteroatoms. The van der Waals surface area contributed by atoms with Crippen LogP contribution in [0.3, 0.4) is 0 Å². The lowest BCUT2D eigenvalue weighted by molar-refractivity contribution is 0.503. The van der Waals surface area contributed by atoms with E-state index in [0.29, 0.717) is 23.3 Å². The van der Waals surface area contributed by atoms with Crippen LogP contribution < -0.4 is 4.90 Å². The molecule has 3 rings (SSSR count). The van der Waals surface area contributed by atoms with Crippen LogP contribution in [-0.4, -0.2) is 17.2 Å². The van der Waals surface area contributed by atoms with Gasteiger partial charge in [-0.05, 0) is 36.8 Å². The second kappa shape index (κ2) is 6.20. The summed E-state index contributed by atoms with van der Waals surface area (Å²) in [4.78, 5) is 2.07. The van der Waals surface area contributed by atoms with Gasteiger partial charge >= 0.3 is 0 Å². The van der Waals surface area contributed by atoms with Gasteiger partial charge < -0.3 is 9.32 Å². The van der Waals surface area contributed by atoms with E-state index >= 15 is 0 Å². The van der Waals surface area contributed by atoms with E-state index in [0.717, 1.165) is 11.3 Å². The summed E-state index contributed by atoms with van der Waals surface area (Å²) >= 11 is 6.15. The highest BCUT2D eigenvalue weighted by molar-refractivity contribution is 6.33. The summed E-state index contributed by atoms with van der Waals surface area (Å²) in [5, 5.41) is 8.79. The quantitative estimate of drug-likeness (QED) is 0.718. The molecule has 0 aliphatic rings. The molecule has 0 atom stereocenters. The van der Waals surface area contributed by atoms with E-state index in [9.17, 15) is 0 Å². The van der Waals surface area contributed by atoms with Crippen LogP contribution in [0.2, 0.25) is 5.02 Å². The number of aromatic nitrogens is 2. The van der Waals surface area contributed by atoms with Gasteiger partial charge in [0.05, 0.1) is 17.1 Å². The second-order valence-electron chi connectivity index (χ2n) is 5.18. The zero-order valence-electron chi connectivity index (χ0n) is 12.5. The molecular weight excluding hydrogens is 298 g/mol. The van der Waals surface area contributed by atoms with Gasteiger partial charge in [0.15, 0.2) is 0 Å². The molecule has 0 spiro atoms. The Hall–Kier alpha value is -2.33. The van der Waals surface area contributed by atoms with Gasteiger partial charge in [-0.3, -0.25) is 0 Å². The number of aryl methyl sites for hydroxylation is 1. The van der Waals surface area contributed by atoms with Crippen LogP contribution in [0.1, 0.15) is 11.5 Å². The predicted molar refractivity (Wildman–Crippen MR) is 88.0 cm³/mol. The van der Waals surface area contributed by atoms with Crippen LogP contribution in [0.25, 0.3) is 11.5 Å². The molecule has 0 fully saturated rings. The van der Waals surface area contributed by atoms with Crippen molar-refractivity contribution >= 4 is 17.3 Å². The molecule has 1 aromatic heterocycles. The third kappa shape index (κ3) is 3.12. The highest BCUT2D eigenvalue weighted by atomic mass is 35.5. The first kappa shape index (κ1) is 14.6. The molecule has 0 aliphatic carbocycles. The van der Waals surface area contributed by atoms with Crippen LogP contribution in [0.5, 0.6) is 0 Å². The maximum absolute atomic E-state index is 6.15. The van der Waals surface area contributed by atoms with Crippen molar-refractivity contribution in [2.24, 2.45) is 0 Å². The van der Waals surface area contributed by atoms with Crippen molar-refractivity contribution < 1.29 is 4.42 Å². The summed E-state index contributed by atoms with van der Waals surface area (Å²) in [5.74, 6) is 0.997. The minimum Gasteiger partial charge on any atom is -0.419 e. The molecule has 1 heterocycles. The Balaban J connectivity index is 1.79. The molecule has 0 N–H and O–H groups in total.